The summed E-state index contributed by atoms with van der Waals surface area (Å²) in [5.74, 6) is -1.52. The number of hydrogen-bond acceptors (Lipinski definition) is 1. The van der Waals surface area contributed by atoms with Gasteiger partial charge in [0, 0.05) is 11.6 Å². The fraction of sp³-hybridized carbons (Fsp3) is 0.357. The number of nitrogens with zero attached hydrogens (tertiary/aromatic N) is 1. The first-order chi connectivity index (χ1) is 8.84. The molecule has 5 heteroatoms. The maximum atomic E-state index is 12.4. The lowest BCUT2D eigenvalue weighted by Gasteiger charge is -2.10. The summed E-state index contributed by atoms with van der Waals surface area (Å²) in [7, 11) is 0. The Kier molecular flexibility index (Phi) is 3.39. The second-order valence-corrected chi connectivity index (χ2v) is 4.62. The van der Waals surface area contributed by atoms with Crippen LogP contribution in [-0.2, 0) is 0 Å². The molecule has 0 amide bonds. The van der Waals surface area contributed by atoms with Crippen LogP contribution in [0.3, 0.4) is 0 Å². The molecule has 0 N–H and O–H groups in total. The lowest BCUT2D eigenvalue weighted by Crippen LogP contribution is -2.28. The Labute approximate surface area is 108 Å². The number of carbonyl (C=O) groups excluding carboxylic acids is 1. The van der Waals surface area contributed by atoms with Crippen molar-refractivity contribution in [1.82, 2.24) is 4.57 Å². The number of alkyl halides is 3. The maximum absolute atomic E-state index is 12.4. The van der Waals surface area contributed by atoms with Crippen molar-refractivity contribution in [2.45, 2.75) is 32.4 Å². The first-order valence-electron chi connectivity index (χ1n) is 6.07. The van der Waals surface area contributed by atoms with E-state index >= 15 is 0 Å². The minimum Gasteiger partial charge on any atom is -0.279 e. The molecule has 1 aromatic carbocycles. The lowest BCUT2D eigenvalue weighted by atomic mass is 9.98. The first kappa shape index (κ1) is 13.6. The molecular weight excluding hydrogens is 255 g/mol. The molecule has 0 fully saturated rings. The topological polar surface area (TPSA) is 22.0 Å². The van der Waals surface area contributed by atoms with Gasteiger partial charge in [-0.2, -0.15) is 13.2 Å². The molecule has 2 aromatic rings. The first-order valence-corrected chi connectivity index (χ1v) is 6.07. The summed E-state index contributed by atoms with van der Waals surface area (Å²) in [6.07, 6.45) is -2.74. The van der Waals surface area contributed by atoms with E-state index in [1.165, 1.54) is 12.3 Å². The highest BCUT2D eigenvalue weighted by Gasteiger charge is 2.40. The number of rotatable bonds is 2. The van der Waals surface area contributed by atoms with E-state index in [-0.39, 0.29) is 5.52 Å². The number of hydrogen-bond donors (Lipinski definition) is 0. The number of benzene rings is 1. The molecular formula is C14H14F3NO. The van der Waals surface area contributed by atoms with Crippen molar-refractivity contribution in [3.05, 3.63) is 36.0 Å². The van der Waals surface area contributed by atoms with Crippen LogP contribution in [0, 0.1) is 0 Å². The third-order valence-corrected chi connectivity index (χ3v) is 3.36. The van der Waals surface area contributed by atoms with Crippen LogP contribution in [0.15, 0.2) is 30.5 Å². The van der Waals surface area contributed by atoms with Gasteiger partial charge in [-0.05, 0) is 36.1 Å². The predicted octanol–water partition coefficient (Wildman–Crippen LogP) is 4.36. The Morgan fingerprint density at radius 1 is 1.32 bits per heavy atom. The SMILES string of the molecule is CCC(C)c1ccc2c(ccn2C(=O)C(F)(F)F)c1. The molecule has 0 saturated heterocycles. The maximum Gasteiger partial charge on any atom is 0.472 e. The van der Waals surface area contributed by atoms with Crippen molar-refractivity contribution in [2.75, 3.05) is 0 Å². The van der Waals surface area contributed by atoms with Crippen molar-refractivity contribution in [3.8, 4) is 0 Å². The molecule has 2 rings (SSSR count). The van der Waals surface area contributed by atoms with Crippen LogP contribution in [0.25, 0.3) is 10.9 Å². The van der Waals surface area contributed by atoms with Crippen LogP contribution < -0.4 is 0 Å². The third kappa shape index (κ3) is 2.50. The highest BCUT2D eigenvalue weighted by Crippen LogP contribution is 2.26. The second kappa shape index (κ2) is 4.72. The van der Waals surface area contributed by atoms with E-state index in [1.54, 1.807) is 12.1 Å². The Morgan fingerprint density at radius 2 is 2.00 bits per heavy atom. The summed E-state index contributed by atoms with van der Waals surface area (Å²) in [5, 5.41) is 0.649. The molecule has 0 radical (unpaired) electrons. The van der Waals surface area contributed by atoms with Crippen LogP contribution >= 0.6 is 0 Å². The number of halogens is 3. The molecule has 0 saturated carbocycles. The number of fused-ring (bicyclic) bond motifs is 1. The van der Waals surface area contributed by atoms with Gasteiger partial charge < -0.3 is 0 Å². The molecule has 2 nitrogen and oxygen atoms in total. The molecule has 19 heavy (non-hydrogen) atoms. The van der Waals surface area contributed by atoms with Crippen LogP contribution in [-0.4, -0.2) is 16.7 Å². The normalized spacial score (nSPS) is 13.7. The molecule has 1 atom stereocenters. The lowest BCUT2D eigenvalue weighted by molar-refractivity contribution is -0.0942. The van der Waals surface area contributed by atoms with E-state index in [9.17, 15) is 18.0 Å². The van der Waals surface area contributed by atoms with Gasteiger partial charge in [-0.25, -0.2) is 0 Å². The van der Waals surface area contributed by atoms with E-state index in [1.807, 2.05) is 13.0 Å². The monoisotopic (exact) mass is 269 g/mol. The Morgan fingerprint density at radius 3 is 2.58 bits per heavy atom. The van der Waals surface area contributed by atoms with Crippen molar-refractivity contribution >= 4 is 16.8 Å². The highest BCUT2D eigenvalue weighted by molar-refractivity contribution is 5.95. The van der Waals surface area contributed by atoms with E-state index in [2.05, 4.69) is 6.92 Å². The Bertz CT molecular complexity index is 613. The molecule has 0 spiro atoms. The van der Waals surface area contributed by atoms with Gasteiger partial charge in [-0.3, -0.25) is 9.36 Å². The third-order valence-electron chi connectivity index (χ3n) is 3.36. The fourth-order valence-corrected chi connectivity index (χ4v) is 2.02. The Balaban J connectivity index is 2.48. The fourth-order valence-electron chi connectivity index (χ4n) is 2.02. The van der Waals surface area contributed by atoms with Gasteiger partial charge in [-0.15, -0.1) is 0 Å². The number of aromatic nitrogens is 1. The second-order valence-electron chi connectivity index (χ2n) is 4.62. The molecule has 1 aromatic heterocycles. The van der Waals surface area contributed by atoms with Gasteiger partial charge in [0.1, 0.15) is 0 Å². The highest BCUT2D eigenvalue weighted by atomic mass is 19.4. The smallest absolute Gasteiger partial charge is 0.279 e. The zero-order valence-electron chi connectivity index (χ0n) is 10.7. The van der Waals surface area contributed by atoms with Gasteiger partial charge in [-0.1, -0.05) is 19.9 Å². The van der Waals surface area contributed by atoms with Gasteiger partial charge in [0.05, 0.1) is 5.52 Å². The zero-order chi connectivity index (χ0) is 14.2. The molecule has 0 aliphatic heterocycles. The van der Waals surface area contributed by atoms with Crippen molar-refractivity contribution in [1.29, 1.82) is 0 Å². The molecule has 0 aliphatic rings. The van der Waals surface area contributed by atoms with Gasteiger partial charge in [0.15, 0.2) is 0 Å². The van der Waals surface area contributed by atoms with Gasteiger partial charge in [0.2, 0.25) is 0 Å². The molecule has 0 bridgehead atoms. The molecule has 1 unspecified atom stereocenters. The molecule has 0 aliphatic carbocycles. The summed E-state index contributed by atoms with van der Waals surface area (Å²) in [4.78, 5) is 11.3. The summed E-state index contributed by atoms with van der Waals surface area (Å²) in [6.45, 7) is 4.10. The predicted molar refractivity (Wildman–Crippen MR) is 67.3 cm³/mol. The average Bonchev–Trinajstić information content (AvgIpc) is 2.78. The summed E-state index contributed by atoms with van der Waals surface area (Å²) in [5.41, 5.74) is 1.35. The quantitative estimate of drug-likeness (QED) is 0.794. The van der Waals surface area contributed by atoms with Gasteiger partial charge in [0.25, 0.3) is 0 Å². The zero-order valence-corrected chi connectivity index (χ0v) is 10.7. The van der Waals surface area contributed by atoms with Crippen molar-refractivity contribution in [2.24, 2.45) is 0 Å². The summed E-state index contributed by atoms with van der Waals surface area (Å²) in [6, 6.07) is 6.71. The standard InChI is InChI=1S/C14H14F3NO/c1-3-9(2)10-4-5-12-11(8-10)6-7-18(12)13(19)14(15,16)17/h4-9H,3H2,1-2H3. The van der Waals surface area contributed by atoms with Crippen LogP contribution in [0.1, 0.15) is 36.5 Å². The summed E-state index contributed by atoms with van der Waals surface area (Å²) < 4.78 is 37.9. The average molecular weight is 269 g/mol. The summed E-state index contributed by atoms with van der Waals surface area (Å²) >= 11 is 0. The minimum atomic E-state index is -4.86. The van der Waals surface area contributed by atoms with Crippen LogP contribution in [0.5, 0.6) is 0 Å². The van der Waals surface area contributed by atoms with E-state index < -0.39 is 12.1 Å². The van der Waals surface area contributed by atoms with Crippen LogP contribution in [0.2, 0.25) is 0 Å². The van der Waals surface area contributed by atoms with E-state index in [0.29, 0.717) is 15.9 Å². The van der Waals surface area contributed by atoms with Crippen molar-refractivity contribution < 1.29 is 18.0 Å². The van der Waals surface area contributed by atoms with Crippen LogP contribution in [0.4, 0.5) is 13.2 Å². The molecule has 1 heterocycles. The largest absolute Gasteiger partial charge is 0.472 e. The van der Waals surface area contributed by atoms with Crippen molar-refractivity contribution in [3.63, 3.8) is 0 Å². The minimum absolute atomic E-state index is 0.286. The van der Waals surface area contributed by atoms with E-state index in [0.717, 1.165) is 12.0 Å². The number of carbonyl (C=O) groups is 1. The Hall–Kier alpha value is -1.78. The van der Waals surface area contributed by atoms with Gasteiger partial charge >= 0.3 is 12.1 Å². The van der Waals surface area contributed by atoms with E-state index in [4.69, 9.17) is 0 Å². The molecule has 102 valence electrons.